The highest BCUT2D eigenvalue weighted by molar-refractivity contribution is 7.98. The second kappa shape index (κ2) is 11.6. The largest absolute Gasteiger partial charge is 0.357 e. The number of hydrogen-bond acceptors (Lipinski definition) is 3. The summed E-state index contributed by atoms with van der Waals surface area (Å²) >= 11 is 1.90. The van der Waals surface area contributed by atoms with Gasteiger partial charge < -0.3 is 10.6 Å². The first kappa shape index (κ1) is 19.4. The molecule has 0 spiro atoms. The minimum Gasteiger partial charge on any atom is -0.357 e. The monoisotopic (exact) mass is 359 g/mol. The van der Waals surface area contributed by atoms with Crippen LogP contribution in [0.3, 0.4) is 0 Å². The summed E-state index contributed by atoms with van der Waals surface area (Å²) in [6.07, 6.45) is 8.52. The topological polar surface area (TPSA) is 54.2 Å². The molecule has 1 aromatic carbocycles. The van der Waals surface area contributed by atoms with Crippen LogP contribution in [-0.4, -0.2) is 40.8 Å². The first-order valence-corrected chi connectivity index (χ1v) is 10.3. The molecule has 0 saturated heterocycles. The van der Waals surface area contributed by atoms with Gasteiger partial charge in [-0.1, -0.05) is 30.3 Å². The zero-order valence-corrected chi connectivity index (χ0v) is 16.1. The van der Waals surface area contributed by atoms with E-state index in [1.807, 2.05) is 28.7 Å². The van der Waals surface area contributed by atoms with Crippen molar-refractivity contribution in [1.82, 2.24) is 20.4 Å². The van der Waals surface area contributed by atoms with Gasteiger partial charge in [-0.25, -0.2) is 4.99 Å². The summed E-state index contributed by atoms with van der Waals surface area (Å²) in [6.45, 7) is 5.33. The van der Waals surface area contributed by atoms with Crippen LogP contribution in [0.25, 0.3) is 0 Å². The molecule has 6 heteroatoms. The molecule has 1 heterocycles. The maximum atomic E-state index is 4.66. The fourth-order valence-electron chi connectivity index (χ4n) is 2.44. The first-order chi connectivity index (χ1) is 12.3. The van der Waals surface area contributed by atoms with E-state index in [0.717, 1.165) is 31.2 Å². The lowest BCUT2D eigenvalue weighted by atomic mass is 10.2. The molecule has 25 heavy (non-hydrogen) atoms. The number of hydrogen-bond donors (Lipinski definition) is 2. The molecule has 2 aromatic rings. The third-order valence-corrected chi connectivity index (χ3v) is 4.40. The maximum absolute atomic E-state index is 4.66. The van der Waals surface area contributed by atoms with Crippen LogP contribution in [0, 0.1) is 0 Å². The predicted octanol–water partition coefficient (Wildman–Crippen LogP) is 3.13. The van der Waals surface area contributed by atoms with Crippen molar-refractivity contribution in [3.8, 4) is 0 Å². The minimum atomic E-state index is 0.634. The van der Waals surface area contributed by atoms with Crippen LogP contribution in [0.5, 0.6) is 0 Å². The van der Waals surface area contributed by atoms with Crippen molar-refractivity contribution < 1.29 is 0 Å². The van der Waals surface area contributed by atoms with Crippen LogP contribution >= 0.6 is 11.8 Å². The van der Waals surface area contributed by atoms with Gasteiger partial charge in [-0.3, -0.25) is 4.68 Å². The molecule has 0 bridgehead atoms. The molecule has 0 radical (unpaired) electrons. The van der Waals surface area contributed by atoms with Crippen molar-refractivity contribution in [2.24, 2.45) is 4.99 Å². The van der Waals surface area contributed by atoms with E-state index in [4.69, 9.17) is 0 Å². The normalized spacial score (nSPS) is 11.5. The third-order valence-electron chi connectivity index (χ3n) is 3.71. The predicted molar refractivity (Wildman–Crippen MR) is 108 cm³/mol. The lowest BCUT2D eigenvalue weighted by Gasteiger charge is -2.10. The summed E-state index contributed by atoms with van der Waals surface area (Å²) in [7, 11) is 0. The fraction of sp³-hybridized carbons (Fsp3) is 0.474. The molecule has 1 aromatic heterocycles. The summed E-state index contributed by atoms with van der Waals surface area (Å²) in [5, 5.41) is 11.1. The number of nitrogens with zero attached hydrogens (tertiary/aromatic N) is 3. The summed E-state index contributed by atoms with van der Waals surface area (Å²) < 4.78 is 1.96. The van der Waals surface area contributed by atoms with E-state index < -0.39 is 0 Å². The maximum Gasteiger partial charge on any atom is 0.191 e. The van der Waals surface area contributed by atoms with Crippen LogP contribution in [0.1, 0.15) is 30.9 Å². The SMILES string of the molecule is CCNC(=NCc1cnn(Cc2ccccc2)c1)NCCCCSC. The van der Waals surface area contributed by atoms with Gasteiger partial charge in [0.25, 0.3) is 0 Å². The standard InChI is InChI=1S/C19H29N5S/c1-3-20-19(21-11-7-8-12-25-2)22-13-18-14-23-24(16-18)15-17-9-5-4-6-10-17/h4-6,9-10,14,16H,3,7-8,11-13,15H2,1-2H3,(H2,20,21,22). The Balaban J connectivity index is 1.83. The van der Waals surface area contributed by atoms with E-state index in [9.17, 15) is 0 Å². The third kappa shape index (κ3) is 7.65. The van der Waals surface area contributed by atoms with E-state index in [1.165, 1.54) is 24.2 Å². The Morgan fingerprint density at radius 2 is 2.00 bits per heavy atom. The van der Waals surface area contributed by atoms with Gasteiger partial charge in [0.2, 0.25) is 0 Å². The summed E-state index contributed by atoms with van der Waals surface area (Å²) in [6, 6.07) is 10.4. The Morgan fingerprint density at radius 3 is 2.76 bits per heavy atom. The molecule has 0 aliphatic carbocycles. The van der Waals surface area contributed by atoms with Crippen molar-refractivity contribution in [3.63, 3.8) is 0 Å². The van der Waals surface area contributed by atoms with Gasteiger partial charge >= 0.3 is 0 Å². The van der Waals surface area contributed by atoms with Crippen LogP contribution in [0.2, 0.25) is 0 Å². The number of rotatable bonds is 10. The molecule has 0 atom stereocenters. The van der Waals surface area contributed by atoms with Crippen LogP contribution in [0.4, 0.5) is 0 Å². The Labute approximate surface area is 155 Å². The van der Waals surface area contributed by atoms with Crippen molar-refractivity contribution in [1.29, 1.82) is 0 Å². The smallest absolute Gasteiger partial charge is 0.191 e. The summed E-state index contributed by atoms with van der Waals surface area (Å²) in [5.41, 5.74) is 2.37. The van der Waals surface area contributed by atoms with Gasteiger partial charge in [0.05, 0.1) is 19.3 Å². The zero-order valence-electron chi connectivity index (χ0n) is 15.2. The Hall–Kier alpha value is -1.95. The van der Waals surface area contributed by atoms with Gasteiger partial charge in [-0.15, -0.1) is 0 Å². The molecular weight excluding hydrogens is 330 g/mol. The quantitative estimate of drug-likeness (QED) is 0.389. The highest BCUT2D eigenvalue weighted by Gasteiger charge is 2.01. The number of thioether (sulfide) groups is 1. The second-order valence-electron chi connectivity index (χ2n) is 5.85. The van der Waals surface area contributed by atoms with Crippen LogP contribution < -0.4 is 10.6 Å². The molecular formula is C19H29N5S. The Kier molecular flexibility index (Phi) is 8.97. The molecule has 2 rings (SSSR count). The number of aromatic nitrogens is 2. The summed E-state index contributed by atoms with van der Waals surface area (Å²) in [5.74, 6) is 2.10. The van der Waals surface area contributed by atoms with Gasteiger partial charge in [-0.05, 0) is 37.3 Å². The highest BCUT2D eigenvalue weighted by atomic mass is 32.2. The highest BCUT2D eigenvalue weighted by Crippen LogP contribution is 2.05. The number of benzene rings is 1. The van der Waals surface area contributed by atoms with Crippen molar-refractivity contribution in [3.05, 3.63) is 53.9 Å². The number of guanidine groups is 1. The van der Waals surface area contributed by atoms with E-state index >= 15 is 0 Å². The van der Waals surface area contributed by atoms with E-state index in [1.54, 1.807) is 0 Å². The van der Waals surface area contributed by atoms with Gasteiger partial charge in [0.1, 0.15) is 0 Å². The Bertz CT molecular complexity index is 624. The fourth-order valence-corrected chi connectivity index (χ4v) is 2.93. The minimum absolute atomic E-state index is 0.634. The molecule has 0 aliphatic rings. The lowest BCUT2D eigenvalue weighted by molar-refractivity contribution is 0.686. The molecule has 0 unspecified atom stereocenters. The van der Waals surface area contributed by atoms with Gasteiger partial charge in [0.15, 0.2) is 5.96 Å². The van der Waals surface area contributed by atoms with Crippen molar-refractivity contribution >= 4 is 17.7 Å². The number of nitrogens with one attached hydrogen (secondary N) is 2. The molecule has 0 amide bonds. The molecule has 0 saturated carbocycles. The molecule has 0 aliphatic heterocycles. The summed E-state index contributed by atoms with van der Waals surface area (Å²) in [4.78, 5) is 4.66. The second-order valence-corrected chi connectivity index (χ2v) is 6.84. The van der Waals surface area contributed by atoms with Gasteiger partial charge in [-0.2, -0.15) is 16.9 Å². The zero-order chi connectivity index (χ0) is 17.7. The number of unbranched alkanes of at least 4 members (excludes halogenated alkanes) is 1. The molecule has 2 N–H and O–H groups in total. The Morgan fingerprint density at radius 1 is 1.16 bits per heavy atom. The van der Waals surface area contributed by atoms with Crippen LogP contribution in [-0.2, 0) is 13.1 Å². The van der Waals surface area contributed by atoms with E-state index in [-0.39, 0.29) is 0 Å². The van der Waals surface area contributed by atoms with E-state index in [2.05, 4.69) is 64.4 Å². The lowest BCUT2D eigenvalue weighted by Crippen LogP contribution is -2.37. The number of aliphatic imine (C=N–C) groups is 1. The van der Waals surface area contributed by atoms with E-state index in [0.29, 0.717) is 6.54 Å². The van der Waals surface area contributed by atoms with Crippen molar-refractivity contribution in [2.75, 3.05) is 25.1 Å². The average Bonchev–Trinajstić information content (AvgIpc) is 3.07. The molecule has 136 valence electrons. The molecule has 5 nitrogen and oxygen atoms in total. The van der Waals surface area contributed by atoms with Gasteiger partial charge in [0, 0.05) is 24.8 Å². The average molecular weight is 360 g/mol. The van der Waals surface area contributed by atoms with Crippen LogP contribution in [0.15, 0.2) is 47.7 Å². The molecule has 0 fully saturated rings. The first-order valence-electron chi connectivity index (χ1n) is 8.88. The van der Waals surface area contributed by atoms with Crippen molar-refractivity contribution in [2.45, 2.75) is 32.9 Å².